The van der Waals surface area contributed by atoms with Crippen molar-refractivity contribution >= 4 is 23.2 Å². The molecule has 8 heteroatoms. The summed E-state index contributed by atoms with van der Waals surface area (Å²) in [6.07, 6.45) is 0.321. The minimum absolute atomic E-state index is 0.0145. The zero-order valence-corrected chi connectivity index (χ0v) is 16.1. The standard InChI is InChI=1S/C20H18ClN3O4/c1-26-15-7-8-16(17(10-15)27-2)20-22-19(23-28-20)12-9-18(25)24(11-12)14-5-3-13(21)4-6-14/h3-8,10,12H,9,11H2,1-2H3/t12-/m0/s1. The van der Waals surface area contributed by atoms with Gasteiger partial charge in [0.15, 0.2) is 5.82 Å². The van der Waals surface area contributed by atoms with Gasteiger partial charge in [0.25, 0.3) is 5.89 Å². The third kappa shape index (κ3) is 3.41. The molecule has 1 fully saturated rings. The van der Waals surface area contributed by atoms with Crippen molar-refractivity contribution in [1.29, 1.82) is 0 Å². The fourth-order valence-corrected chi connectivity index (χ4v) is 3.36. The molecule has 0 radical (unpaired) electrons. The van der Waals surface area contributed by atoms with E-state index in [0.29, 0.717) is 46.8 Å². The molecule has 1 atom stereocenters. The number of carbonyl (C=O) groups excluding carboxylic acids is 1. The summed E-state index contributed by atoms with van der Waals surface area (Å²) in [4.78, 5) is 18.7. The van der Waals surface area contributed by atoms with Gasteiger partial charge in [0.2, 0.25) is 5.91 Å². The van der Waals surface area contributed by atoms with Gasteiger partial charge in [-0.1, -0.05) is 16.8 Å². The molecule has 0 aliphatic carbocycles. The molecular weight excluding hydrogens is 382 g/mol. The van der Waals surface area contributed by atoms with Gasteiger partial charge in [-0.2, -0.15) is 4.98 Å². The normalized spacial score (nSPS) is 16.5. The Hall–Kier alpha value is -3.06. The van der Waals surface area contributed by atoms with Crippen LogP contribution in [0.25, 0.3) is 11.5 Å². The van der Waals surface area contributed by atoms with Gasteiger partial charge in [-0.05, 0) is 36.4 Å². The summed E-state index contributed by atoms with van der Waals surface area (Å²) >= 11 is 5.93. The van der Waals surface area contributed by atoms with E-state index in [1.807, 2.05) is 12.1 Å². The van der Waals surface area contributed by atoms with Gasteiger partial charge < -0.3 is 18.9 Å². The van der Waals surface area contributed by atoms with Crippen molar-refractivity contribution in [3.8, 4) is 23.0 Å². The molecule has 0 N–H and O–H groups in total. The number of halogens is 1. The molecule has 144 valence electrons. The minimum Gasteiger partial charge on any atom is -0.497 e. The molecule has 4 rings (SSSR count). The summed E-state index contributed by atoms with van der Waals surface area (Å²) < 4.78 is 16.0. The molecule has 0 unspecified atom stereocenters. The van der Waals surface area contributed by atoms with Crippen LogP contribution in [0.4, 0.5) is 5.69 Å². The lowest BCUT2D eigenvalue weighted by Gasteiger charge is -2.16. The molecule has 1 amide bonds. The highest BCUT2D eigenvalue weighted by Gasteiger charge is 2.34. The van der Waals surface area contributed by atoms with Crippen LogP contribution in [0.3, 0.4) is 0 Å². The van der Waals surface area contributed by atoms with E-state index in [-0.39, 0.29) is 11.8 Å². The zero-order valence-electron chi connectivity index (χ0n) is 15.4. The molecule has 1 aliphatic heterocycles. The van der Waals surface area contributed by atoms with Gasteiger partial charge in [0.05, 0.1) is 19.8 Å². The molecule has 2 heterocycles. The van der Waals surface area contributed by atoms with Crippen molar-refractivity contribution in [2.75, 3.05) is 25.7 Å². The van der Waals surface area contributed by atoms with Crippen molar-refractivity contribution in [1.82, 2.24) is 10.1 Å². The number of aromatic nitrogens is 2. The number of anilines is 1. The Bertz CT molecular complexity index is 1000. The highest BCUT2D eigenvalue weighted by molar-refractivity contribution is 6.30. The van der Waals surface area contributed by atoms with Crippen LogP contribution in [0.5, 0.6) is 11.5 Å². The second kappa shape index (κ2) is 7.52. The third-order valence-corrected chi connectivity index (χ3v) is 4.96. The Morgan fingerprint density at radius 2 is 1.93 bits per heavy atom. The highest BCUT2D eigenvalue weighted by Crippen LogP contribution is 2.35. The Balaban J connectivity index is 1.57. The van der Waals surface area contributed by atoms with Gasteiger partial charge in [-0.3, -0.25) is 4.79 Å². The van der Waals surface area contributed by atoms with Gasteiger partial charge in [-0.25, -0.2) is 0 Å². The number of methoxy groups -OCH3 is 2. The first kappa shape index (κ1) is 18.3. The Morgan fingerprint density at radius 1 is 1.14 bits per heavy atom. The monoisotopic (exact) mass is 399 g/mol. The SMILES string of the molecule is COc1ccc(-c2nc([C@H]3CC(=O)N(c4ccc(Cl)cc4)C3)no2)c(OC)c1. The molecule has 0 bridgehead atoms. The maximum absolute atomic E-state index is 12.5. The predicted octanol–water partition coefficient (Wildman–Crippen LogP) is 3.93. The Labute approximate surface area is 166 Å². The van der Waals surface area contributed by atoms with Gasteiger partial charge in [-0.15, -0.1) is 0 Å². The van der Waals surface area contributed by atoms with E-state index in [1.165, 1.54) is 0 Å². The van der Waals surface area contributed by atoms with Gasteiger partial charge >= 0.3 is 0 Å². The van der Waals surface area contributed by atoms with Crippen molar-refractivity contribution in [3.63, 3.8) is 0 Å². The maximum Gasteiger partial charge on any atom is 0.261 e. The summed E-state index contributed by atoms with van der Waals surface area (Å²) in [6, 6.07) is 12.5. The quantitative estimate of drug-likeness (QED) is 0.647. The lowest BCUT2D eigenvalue weighted by molar-refractivity contribution is -0.117. The summed E-state index contributed by atoms with van der Waals surface area (Å²) in [5.74, 6) is 1.94. The zero-order chi connectivity index (χ0) is 19.7. The van der Waals surface area contributed by atoms with Crippen molar-refractivity contribution in [2.24, 2.45) is 0 Å². The van der Waals surface area contributed by atoms with E-state index in [9.17, 15) is 4.79 Å². The van der Waals surface area contributed by atoms with Gasteiger partial charge in [0.1, 0.15) is 11.5 Å². The van der Waals surface area contributed by atoms with Crippen molar-refractivity contribution < 1.29 is 18.8 Å². The number of benzene rings is 2. The topological polar surface area (TPSA) is 77.7 Å². The van der Waals surface area contributed by atoms with Crippen LogP contribution in [0, 0.1) is 0 Å². The molecule has 0 spiro atoms. The fraction of sp³-hybridized carbons (Fsp3) is 0.250. The number of rotatable bonds is 5. The lowest BCUT2D eigenvalue weighted by Crippen LogP contribution is -2.24. The molecule has 1 aromatic heterocycles. The van der Waals surface area contributed by atoms with Gasteiger partial charge in [0, 0.05) is 35.7 Å². The molecule has 0 saturated carbocycles. The third-order valence-electron chi connectivity index (χ3n) is 4.71. The highest BCUT2D eigenvalue weighted by atomic mass is 35.5. The van der Waals surface area contributed by atoms with Crippen LogP contribution >= 0.6 is 11.6 Å². The van der Waals surface area contributed by atoms with E-state index < -0.39 is 0 Å². The molecule has 3 aromatic rings. The van der Waals surface area contributed by atoms with E-state index in [1.54, 1.807) is 49.5 Å². The summed E-state index contributed by atoms with van der Waals surface area (Å²) in [6.45, 7) is 0.485. The summed E-state index contributed by atoms with van der Waals surface area (Å²) in [7, 11) is 3.15. The largest absolute Gasteiger partial charge is 0.497 e. The van der Waals surface area contributed by atoms with E-state index in [4.69, 9.17) is 25.6 Å². The number of hydrogen-bond donors (Lipinski definition) is 0. The molecular formula is C20H18ClN3O4. The average molecular weight is 400 g/mol. The molecule has 1 saturated heterocycles. The average Bonchev–Trinajstić information content (AvgIpc) is 3.35. The molecule has 1 aliphatic rings. The number of ether oxygens (including phenoxy) is 2. The first-order valence-corrected chi connectivity index (χ1v) is 9.08. The van der Waals surface area contributed by atoms with Crippen molar-refractivity contribution in [3.05, 3.63) is 53.3 Å². The number of amides is 1. The lowest BCUT2D eigenvalue weighted by atomic mass is 10.1. The van der Waals surface area contributed by atoms with Crippen molar-refractivity contribution in [2.45, 2.75) is 12.3 Å². The maximum atomic E-state index is 12.5. The fourth-order valence-electron chi connectivity index (χ4n) is 3.24. The second-order valence-corrected chi connectivity index (χ2v) is 6.84. The predicted molar refractivity (Wildman–Crippen MR) is 104 cm³/mol. The second-order valence-electron chi connectivity index (χ2n) is 6.41. The first-order chi connectivity index (χ1) is 13.6. The molecule has 28 heavy (non-hydrogen) atoms. The van der Waals surface area contributed by atoms with Crippen LogP contribution in [0.1, 0.15) is 18.2 Å². The van der Waals surface area contributed by atoms with Crippen LogP contribution in [0.15, 0.2) is 47.0 Å². The van der Waals surface area contributed by atoms with Crippen LogP contribution in [-0.2, 0) is 4.79 Å². The smallest absolute Gasteiger partial charge is 0.261 e. The van der Waals surface area contributed by atoms with Crippen LogP contribution in [0.2, 0.25) is 5.02 Å². The minimum atomic E-state index is -0.148. The van der Waals surface area contributed by atoms with Crippen LogP contribution < -0.4 is 14.4 Å². The van der Waals surface area contributed by atoms with Crippen LogP contribution in [-0.4, -0.2) is 36.8 Å². The van der Waals surface area contributed by atoms with E-state index >= 15 is 0 Å². The number of carbonyl (C=O) groups is 1. The molecule has 7 nitrogen and oxygen atoms in total. The van der Waals surface area contributed by atoms with E-state index in [2.05, 4.69) is 10.1 Å². The van der Waals surface area contributed by atoms with E-state index in [0.717, 1.165) is 5.69 Å². The Kier molecular flexibility index (Phi) is 4.92. The summed E-state index contributed by atoms with van der Waals surface area (Å²) in [5, 5.41) is 4.72. The number of nitrogens with zero attached hydrogens (tertiary/aromatic N) is 3. The summed E-state index contributed by atoms with van der Waals surface area (Å²) in [5.41, 5.74) is 1.47. The Morgan fingerprint density at radius 3 is 2.64 bits per heavy atom. The molecule has 2 aromatic carbocycles. The number of hydrogen-bond acceptors (Lipinski definition) is 6. The first-order valence-electron chi connectivity index (χ1n) is 8.71.